The van der Waals surface area contributed by atoms with Crippen LogP contribution in [0.25, 0.3) is 11.0 Å². The average Bonchev–Trinajstić information content (AvgIpc) is 2.83. The SMILES string of the molecule is CN(C)S(=O)(=O)N1CCC(n2c(=O)[nH]c3ccccc32)CC1. The van der Waals surface area contributed by atoms with Crippen LogP contribution in [0.2, 0.25) is 0 Å². The zero-order chi connectivity index (χ0) is 15.9. The number of para-hydroxylation sites is 2. The molecule has 22 heavy (non-hydrogen) atoms. The first kappa shape index (κ1) is 15.3. The van der Waals surface area contributed by atoms with Gasteiger partial charge in [-0.2, -0.15) is 17.0 Å². The summed E-state index contributed by atoms with van der Waals surface area (Å²) in [5.74, 6) is 0. The molecule has 1 saturated heterocycles. The van der Waals surface area contributed by atoms with Gasteiger partial charge in [0, 0.05) is 33.2 Å². The predicted octanol–water partition coefficient (Wildman–Crippen LogP) is 0.773. The fourth-order valence-electron chi connectivity index (χ4n) is 3.00. The smallest absolute Gasteiger partial charge is 0.306 e. The minimum absolute atomic E-state index is 0.0252. The summed E-state index contributed by atoms with van der Waals surface area (Å²) in [5.41, 5.74) is 1.56. The molecule has 0 atom stereocenters. The van der Waals surface area contributed by atoms with Crippen molar-refractivity contribution in [2.24, 2.45) is 0 Å². The summed E-state index contributed by atoms with van der Waals surface area (Å²) in [6.45, 7) is 0.855. The van der Waals surface area contributed by atoms with E-state index >= 15 is 0 Å². The van der Waals surface area contributed by atoms with Gasteiger partial charge in [0.1, 0.15) is 0 Å². The summed E-state index contributed by atoms with van der Waals surface area (Å²) in [6.07, 6.45) is 1.27. The molecule has 0 amide bonds. The van der Waals surface area contributed by atoms with E-state index in [9.17, 15) is 13.2 Å². The highest BCUT2D eigenvalue weighted by molar-refractivity contribution is 7.86. The topological polar surface area (TPSA) is 78.4 Å². The van der Waals surface area contributed by atoms with Crippen LogP contribution >= 0.6 is 0 Å². The number of nitrogens with zero attached hydrogens (tertiary/aromatic N) is 3. The van der Waals surface area contributed by atoms with Gasteiger partial charge >= 0.3 is 5.69 Å². The monoisotopic (exact) mass is 324 g/mol. The van der Waals surface area contributed by atoms with Crippen LogP contribution in [0.5, 0.6) is 0 Å². The Balaban J connectivity index is 1.85. The van der Waals surface area contributed by atoms with Crippen molar-refractivity contribution in [2.45, 2.75) is 18.9 Å². The predicted molar refractivity (Wildman–Crippen MR) is 85.0 cm³/mol. The second-order valence-electron chi connectivity index (χ2n) is 5.74. The Morgan fingerprint density at radius 1 is 1.18 bits per heavy atom. The maximum absolute atomic E-state index is 12.2. The van der Waals surface area contributed by atoms with Crippen molar-refractivity contribution >= 4 is 21.2 Å². The normalized spacial score (nSPS) is 18.3. The Morgan fingerprint density at radius 3 is 2.45 bits per heavy atom. The van der Waals surface area contributed by atoms with Gasteiger partial charge in [0.2, 0.25) is 0 Å². The standard InChI is InChI=1S/C14H20N4O3S/c1-16(2)22(20,21)17-9-7-11(8-10-17)18-13-6-4-3-5-12(13)15-14(18)19/h3-6,11H,7-10H2,1-2H3,(H,15,19). The van der Waals surface area contributed by atoms with Crippen molar-refractivity contribution in [3.8, 4) is 0 Å². The van der Waals surface area contributed by atoms with Gasteiger partial charge in [-0.3, -0.25) is 4.57 Å². The summed E-state index contributed by atoms with van der Waals surface area (Å²) in [5, 5.41) is 0. The minimum atomic E-state index is -3.37. The molecule has 2 aromatic rings. The number of hydrogen-bond donors (Lipinski definition) is 1. The van der Waals surface area contributed by atoms with Gasteiger partial charge < -0.3 is 4.98 Å². The van der Waals surface area contributed by atoms with Gasteiger partial charge in [0.25, 0.3) is 10.2 Å². The van der Waals surface area contributed by atoms with Crippen LogP contribution in [0.4, 0.5) is 0 Å². The van der Waals surface area contributed by atoms with Crippen LogP contribution in [0.3, 0.4) is 0 Å². The van der Waals surface area contributed by atoms with Crippen molar-refractivity contribution in [1.82, 2.24) is 18.2 Å². The molecule has 1 N–H and O–H groups in total. The Hall–Kier alpha value is -1.64. The van der Waals surface area contributed by atoms with E-state index < -0.39 is 10.2 Å². The molecular weight excluding hydrogens is 304 g/mol. The van der Waals surface area contributed by atoms with E-state index in [1.807, 2.05) is 24.3 Å². The Bertz CT molecular complexity index is 829. The molecule has 0 spiro atoms. The van der Waals surface area contributed by atoms with E-state index in [-0.39, 0.29) is 11.7 Å². The first-order chi connectivity index (χ1) is 10.4. The van der Waals surface area contributed by atoms with E-state index in [0.29, 0.717) is 25.9 Å². The van der Waals surface area contributed by atoms with E-state index in [1.54, 1.807) is 4.57 Å². The Morgan fingerprint density at radius 2 is 1.82 bits per heavy atom. The molecule has 1 fully saturated rings. The molecule has 2 heterocycles. The molecule has 0 bridgehead atoms. The number of aromatic nitrogens is 2. The lowest BCUT2D eigenvalue weighted by Gasteiger charge is -2.33. The largest absolute Gasteiger partial charge is 0.326 e. The van der Waals surface area contributed by atoms with Gasteiger partial charge in [0.05, 0.1) is 11.0 Å². The second-order valence-corrected chi connectivity index (χ2v) is 7.88. The van der Waals surface area contributed by atoms with Crippen molar-refractivity contribution in [3.05, 3.63) is 34.7 Å². The molecule has 1 aliphatic rings. The molecule has 1 aromatic heterocycles. The minimum Gasteiger partial charge on any atom is -0.306 e. The Kier molecular flexibility index (Phi) is 3.84. The second kappa shape index (κ2) is 5.53. The number of rotatable bonds is 3. The molecule has 120 valence electrons. The maximum Gasteiger partial charge on any atom is 0.326 e. The molecule has 3 rings (SSSR count). The zero-order valence-electron chi connectivity index (χ0n) is 12.7. The third kappa shape index (κ3) is 2.47. The highest BCUT2D eigenvalue weighted by atomic mass is 32.2. The fraction of sp³-hybridized carbons (Fsp3) is 0.500. The number of piperidine rings is 1. The summed E-state index contributed by atoms with van der Waals surface area (Å²) in [4.78, 5) is 15.0. The van der Waals surface area contributed by atoms with Crippen LogP contribution < -0.4 is 5.69 Å². The molecule has 7 nitrogen and oxygen atoms in total. The summed E-state index contributed by atoms with van der Waals surface area (Å²) >= 11 is 0. The highest BCUT2D eigenvalue weighted by Gasteiger charge is 2.31. The number of aromatic amines is 1. The number of benzene rings is 1. The quantitative estimate of drug-likeness (QED) is 0.906. The maximum atomic E-state index is 12.2. The van der Waals surface area contributed by atoms with Crippen LogP contribution in [-0.4, -0.2) is 53.8 Å². The van der Waals surface area contributed by atoms with Crippen LogP contribution in [0, 0.1) is 0 Å². The third-order valence-corrected chi connectivity index (χ3v) is 6.14. The Labute approximate surface area is 129 Å². The lowest BCUT2D eigenvalue weighted by atomic mass is 10.1. The van der Waals surface area contributed by atoms with E-state index in [2.05, 4.69) is 4.98 Å². The van der Waals surface area contributed by atoms with E-state index in [1.165, 1.54) is 22.7 Å². The van der Waals surface area contributed by atoms with Gasteiger partial charge in [-0.15, -0.1) is 0 Å². The van der Waals surface area contributed by atoms with Crippen molar-refractivity contribution in [3.63, 3.8) is 0 Å². The molecule has 0 saturated carbocycles. The molecular formula is C14H20N4O3S. The zero-order valence-corrected chi connectivity index (χ0v) is 13.5. The first-order valence-electron chi connectivity index (χ1n) is 7.28. The van der Waals surface area contributed by atoms with Crippen LogP contribution in [0.15, 0.2) is 29.1 Å². The summed E-state index contributed by atoms with van der Waals surface area (Å²) in [7, 11) is -0.307. The van der Waals surface area contributed by atoms with Gasteiger partial charge in [-0.05, 0) is 25.0 Å². The molecule has 0 aliphatic carbocycles. The average molecular weight is 324 g/mol. The molecule has 1 aromatic carbocycles. The van der Waals surface area contributed by atoms with Gasteiger partial charge in [0.15, 0.2) is 0 Å². The molecule has 8 heteroatoms. The van der Waals surface area contributed by atoms with Gasteiger partial charge in [-0.25, -0.2) is 4.79 Å². The summed E-state index contributed by atoms with van der Waals surface area (Å²) < 4.78 is 28.7. The third-order valence-electron chi connectivity index (χ3n) is 4.20. The lowest BCUT2D eigenvalue weighted by molar-refractivity contribution is 0.263. The van der Waals surface area contributed by atoms with Crippen molar-refractivity contribution < 1.29 is 8.42 Å². The number of nitrogens with one attached hydrogen (secondary N) is 1. The number of hydrogen-bond acceptors (Lipinski definition) is 3. The van der Waals surface area contributed by atoms with E-state index in [4.69, 9.17) is 0 Å². The van der Waals surface area contributed by atoms with Crippen molar-refractivity contribution in [1.29, 1.82) is 0 Å². The number of imidazole rings is 1. The van der Waals surface area contributed by atoms with Crippen molar-refractivity contribution in [2.75, 3.05) is 27.2 Å². The molecule has 0 radical (unpaired) electrons. The number of fused-ring (bicyclic) bond motifs is 1. The molecule has 0 unspecified atom stereocenters. The van der Waals surface area contributed by atoms with Crippen LogP contribution in [0.1, 0.15) is 18.9 Å². The lowest BCUT2D eigenvalue weighted by Crippen LogP contribution is -2.45. The highest BCUT2D eigenvalue weighted by Crippen LogP contribution is 2.26. The number of H-pyrrole nitrogens is 1. The van der Waals surface area contributed by atoms with Crippen LogP contribution in [-0.2, 0) is 10.2 Å². The fourth-order valence-corrected chi connectivity index (χ4v) is 4.13. The summed E-state index contributed by atoms with van der Waals surface area (Å²) in [6, 6.07) is 7.60. The van der Waals surface area contributed by atoms with Gasteiger partial charge in [-0.1, -0.05) is 12.1 Å². The first-order valence-corrected chi connectivity index (χ1v) is 8.68. The molecule has 1 aliphatic heterocycles. The van der Waals surface area contributed by atoms with E-state index in [0.717, 1.165) is 11.0 Å².